The number of aryl methyl sites for hydroxylation is 2. The van der Waals surface area contributed by atoms with Crippen molar-refractivity contribution in [2.45, 2.75) is 63.1 Å². The van der Waals surface area contributed by atoms with Crippen LogP contribution in [0.5, 0.6) is 0 Å². The van der Waals surface area contributed by atoms with E-state index in [9.17, 15) is 23.1 Å². The zero-order valence-corrected chi connectivity index (χ0v) is 27.9. The van der Waals surface area contributed by atoms with Crippen LogP contribution in [0.2, 0.25) is 10.0 Å². The molecule has 0 radical (unpaired) electrons. The second kappa shape index (κ2) is 14.1. The van der Waals surface area contributed by atoms with Gasteiger partial charge in [-0.15, -0.1) is 0 Å². The lowest BCUT2D eigenvalue weighted by molar-refractivity contribution is -0.156. The quantitative estimate of drug-likeness (QED) is 0.266. The first-order valence-corrected chi connectivity index (χ1v) is 17.1. The molecule has 5 rings (SSSR count). The minimum absolute atomic E-state index is 0.0612. The summed E-state index contributed by atoms with van der Waals surface area (Å²) in [5, 5.41) is 17.6. The monoisotopic (exact) mass is 683 g/mol. The van der Waals surface area contributed by atoms with Gasteiger partial charge in [0.25, 0.3) is 5.91 Å². The Morgan fingerprint density at radius 2 is 1.70 bits per heavy atom. The Kier molecular flexibility index (Phi) is 10.3. The molecule has 1 aliphatic carbocycles. The van der Waals surface area contributed by atoms with Crippen molar-refractivity contribution in [2.24, 2.45) is 11.0 Å². The van der Waals surface area contributed by atoms with Crippen LogP contribution in [-0.2, 0) is 24.3 Å². The number of esters is 1. The number of allylic oxidation sites excluding steroid dienone is 1. The number of nitrogens with zero attached hydrogens (tertiary/aromatic N) is 2. The second-order valence-electron chi connectivity index (χ2n) is 11.6. The van der Waals surface area contributed by atoms with E-state index in [1.807, 2.05) is 49.4 Å². The van der Waals surface area contributed by atoms with E-state index in [-0.39, 0.29) is 10.8 Å². The fourth-order valence-corrected chi connectivity index (χ4v) is 7.30. The van der Waals surface area contributed by atoms with E-state index in [4.69, 9.17) is 33.0 Å². The Labute approximate surface area is 278 Å². The topological polar surface area (TPSA) is 125 Å². The van der Waals surface area contributed by atoms with Crippen molar-refractivity contribution in [3.8, 4) is 0 Å². The van der Waals surface area contributed by atoms with E-state index in [0.29, 0.717) is 10.0 Å². The number of aliphatic hydroxyl groups is 1. The molecule has 1 amide bonds. The van der Waals surface area contributed by atoms with Crippen LogP contribution in [0.25, 0.3) is 6.08 Å². The van der Waals surface area contributed by atoms with Crippen molar-refractivity contribution in [3.05, 3.63) is 105 Å². The van der Waals surface area contributed by atoms with E-state index in [1.165, 1.54) is 24.1 Å². The first-order valence-electron chi connectivity index (χ1n) is 14.9. The zero-order chi connectivity index (χ0) is 33.2. The molecule has 1 fully saturated rings. The lowest BCUT2D eigenvalue weighted by Crippen LogP contribution is -2.49. The summed E-state index contributed by atoms with van der Waals surface area (Å²) < 4.78 is 33.7. The molecule has 1 heterocycles. The first-order chi connectivity index (χ1) is 21.8. The van der Waals surface area contributed by atoms with Gasteiger partial charge in [-0.25, -0.2) is 13.4 Å². The van der Waals surface area contributed by atoms with Gasteiger partial charge < -0.3 is 9.84 Å². The number of amides is 1. The van der Waals surface area contributed by atoms with Gasteiger partial charge in [0.15, 0.2) is 6.61 Å². The van der Waals surface area contributed by atoms with Gasteiger partial charge in [-0.3, -0.25) is 9.59 Å². The van der Waals surface area contributed by atoms with Gasteiger partial charge in [-0.05, 0) is 110 Å². The molecule has 242 valence electrons. The Hall–Kier alpha value is -3.54. The number of hydrogen-bond donors (Lipinski definition) is 2. The number of nitrogens with one attached hydrogen (secondary N) is 1. The lowest BCUT2D eigenvalue weighted by Gasteiger charge is -2.29. The summed E-state index contributed by atoms with van der Waals surface area (Å²) in [5.74, 6) is -1.79. The van der Waals surface area contributed by atoms with E-state index >= 15 is 0 Å². The van der Waals surface area contributed by atoms with Crippen LogP contribution < -0.4 is 4.72 Å². The van der Waals surface area contributed by atoms with E-state index < -0.39 is 46.7 Å². The Balaban J connectivity index is 1.37. The molecule has 0 unspecified atom stereocenters. The number of hydrazone groups is 1. The Morgan fingerprint density at radius 3 is 2.33 bits per heavy atom. The van der Waals surface area contributed by atoms with E-state index in [0.717, 1.165) is 52.8 Å². The van der Waals surface area contributed by atoms with Crippen molar-refractivity contribution in [2.75, 3.05) is 6.61 Å². The molecule has 0 saturated heterocycles. The third-order valence-corrected chi connectivity index (χ3v) is 10.3. The van der Waals surface area contributed by atoms with Gasteiger partial charge in [-0.2, -0.15) is 9.82 Å². The molecule has 9 nitrogen and oxygen atoms in total. The minimum Gasteiger partial charge on any atom is -0.454 e. The summed E-state index contributed by atoms with van der Waals surface area (Å²) in [6, 6.07) is 17.1. The maximum Gasteiger partial charge on any atom is 0.327 e. The number of sulfonamides is 1. The molecule has 3 aromatic carbocycles. The van der Waals surface area contributed by atoms with Crippen molar-refractivity contribution >= 4 is 56.9 Å². The van der Waals surface area contributed by atoms with Gasteiger partial charge in [0, 0.05) is 16.0 Å². The molecular weight excluding hydrogens is 649 g/mol. The summed E-state index contributed by atoms with van der Waals surface area (Å²) in [5.41, 5.74) is 5.21. The number of ether oxygens (including phenoxy) is 1. The average molecular weight is 685 g/mol. The van der Waals surface area contributed by atoms with Crippen LogP contribution in [0.15, 0.2) is 82.3 Å². The summed E-state index contributed by atoms with van der Waals surface area (Å²) in [6.07, 6.45) is 3.06. The zero-order valence-electron chi connectivity index (χ0n) is 25.6. The van der Waals surface area contributed by atoms with Crippen molar-refractivity contribution in [3.63, 3.8) is 0 Å². The largest absolute Gasteiger partial charge is 0.454 e. The fourth-order valence-electron chi connectivity index (χ4n) is 5.71. The van der Waals surface area contributed by atoms with Crippen LogP contribution in [0.3, 0.4) is 0 Å². The van der Waals surface area contributed by atoms with Crippen LogP contribution >= 0.6 is 23.2 Å². The lowest BCUT2D eigenvalue weighted by atomic mass is 9.77. The first kappa shape index (κ1) is 33.8. The molecular formula is C34H35Cl2N3O6S. The molecule has 2 aliphatic rings. The maximum atomic E-state index is 13.7. The summed E-state index contributed by atoms with van der Waals surface area (Å²) in [6.45, 7) is 4.17. The van der Waals surface area contributed by atoms with E-state index in [2.05, 4.69) is 4.72 Å². The number of benzene rings is 3. The number of carbonyl (C=O) groups is 2. The van der Waals surface area contributed by atoms with Gasteiger partial charge in [0.2, 0.25) is 10.0 Å². The highest BCUT2D eigenvalue weighted by atomic mass is 35.5. The maximum absolute atomic E-state index is 13.7. The number of carbonyl (C=O) groups excluding carboxylic acids is 2. The molecule has 1 saturated carbocycles. The molecule has 0 spiro atoms. The number of aliphatic hydroxyl groups excluding tert-OH is 1. The predicted molar refractivity (Wildman–Crippen MR) is 178 cm³/mol. The van der Waals surface area contributed by atoms with Crippen LogP contribution in [0.4, 0.5) is 0 Å². The van der Waals surface area contributed by atoms with Gasteiger partial charge in [-0.1, -0.05) is 53.5 Å². The summed E-state index contributed by atoms with van der Waals surface area (Å²) in [7, 11) is -4.19. The number of hydrogen-bond acceptors (Lipinski definition) is 7. The molecule has 0 bridgehead atoms. The average Bonchev–Trinajstić information content (AvgIpc) is 3.42. The smallest absolute Gasteiger partial charge is 0.327 e. The molecule has 0 aromatic heterocycles. The molecule has 4 atom stereocenters. The highest BCUT2D eigenvalue weighted by Gasteiger charge is 2.44. The standard InChI is InChI=1S/C34H35Cl2N3O6S/c1-20-7-16-28(17-21(20)2)46(43,44)38-31(22(3)40)34(42)45-19-30(41)39-33(24-10-14-27(36)15-11-24)29-6-4-5-25(32(29)37-39)18-23-8-12-26(35)13-9-23/h7-18,22,29,31,33,38,40H,4-6,19H2,1-3H3/b25-18-/t22-,29-,31-,33+/m0/s1. The molecule has 1 aliphatic heterocycles. The second-order valence-corrected chi connectivity index (χ2v) is 14.2. The van der Waals surface area contributed by atoms with Crippen molar-refractivity contribution < 1.29 is 27.9 Å². The van der Waals surface area contributed by atoms with E-state index in [1.54, 1.807) is 25.1 Å². The summed E-state index contributed by atoms with van der Waals surface area (Å²) >= 11 is 12.2. The van der Waals surface area contributed by atoms with Gasteiger partial charge >= 0.3 is 5.97 Å². The summed E-state index contributed by atoms with van der Waals surface area (Å²) in [4.78, 5) is 26.7. The van der Waals surface area contributed by atoms with Crippen molar-refractivity contribution in [1.29, 1.82) is 0 Å². The van der Waals surface area contributed by atoms with Crippen molar-refractivity contribution in [1.82, 2.24) is 9.73 Å². The molecule has 12 heteroatoms. The molecule has 3 aromatic rings. The third-order valence-electron chi connectivity index (χ3n) is 8.32. The van der Waals surface area contributed by atoms with Gasteiger partial charge in [0.05, 0.1) is 22.8 Å². The van der Waals surface area contributed by atoms with Gasteiger partial charge in [0.1, 0.15) is 6.04 Å². The van der Waals surface area contributed by atoms with Crippen LogP contribution in [0.1, 0.15) is 54.5 Å². The molecule has 2 N–H and O–H groups in total. The fraction of sp³-hybridized carbons (Fsp3) is 0.324. The van der Waals surface area contributed by atoms with Crippen LogP contribution in [-0.4, -0.2) is 54.9 Å². The Bertz CT molecular complexity index is 1790. The number of fused-ring (bicyclic) bond motifs is 1. The SMILES string of the molecule is Cc1ccc(S(=O)(=O)N[C@H](C(=O)OCC(=O)N2N=C3/C(=C\c4ccc(Cl)cc4)CCC[C@@H]3[C@H]2c2ccc(Cl)cc2)[C@H](C)O)cc1C. The highest BCUT2D eigenvalue weighted by Crippen LogP contribution is 2.44. The number of halogens is 2. The highest BCUT2D eigenvalue weighted by molar-refractivity contribution is 7.89. The molecule has 46 heavy (non-hydrogen) atoms. The normalized spacial score (nSPS) is 20.2. The minimum atomic E-state index is -4.19. The third kappa shape index (κ3) is 7.53. The number of rotatable bonds is 9. The van der Waals surface area contributed by atoms with Crippen LogP contribution in [0, 0.1) is 19.8 Å². The predicted octanol–water partition coefficient (Wildman–Crippen LogP) is 6.00. The Morgan fingerprint density at radius 1 is 1.04 bits per heavy atom.